The number of carbonyl (C=O) groups is 1. The Morgan fingerprint density at radius 3 is 2.61 bits per heavy atom. The van der Waals surface area contributed by atoms with Crippen LogP contribution < -0.4 is 10.5 Å². The maximum Gasteiger partial charge on any atom is 0.261 e. The minimum atomic E-state index is -0.987. The number of benzene rings is 2. The van der Waals surface area contributed by atoms with Crippen LogP contribution in [0.15, 0.2) is 52.4 Å². The van der Waals surface area contributed by atoms with E-state index in [2.05, 4.69) is 36.4 Å². The quantitative estimate of drug-likeness (QED) is 0.717. The Bertz CT molecular complexity index is 976. The predicted molar refractivity (Wildman–Crippen MR) is 127 cm³/mol. The van der Waals surface area contributed by atoms with Gasteiger partial charge in [0.1, 0.15) is 5.75 Å². The highest BCUT2D eigenvalue weighted by Gasteiger charge is 2.52. The summed E-state index contributed by atoms with van der Waals surface area (Å²) in [5, 5.41) is 0. The second-order valence-electron chi connectivity index (χ2n) is 7.76. The number of hydrogen-bond donors (Lipinski definition) is 1. The molecule has 0 aromatic heterocycles. The molecule has 0 saturated carbocycles. The molecule has 2 aromatic rings. The summed E-state index contributed by atoms with van der Waals surface area (Å²) in [5.74, 6) is 0.861. The molecule has 7 heteroatoms. The van der Waals surface area contributed by atoms with Gasteiger partial charge >= 0.3 is 0 Å². The molecule has 2 N–H and O–H groups in total. The van der Waals surface area contributed by atoms with Crippen molar-refractivity contribution < 1.29 is 14.3 Å². The van der Waals surface area contributed by atoms with Crippen molar-refractivity contribution in [3.05, 3.63) is 48.0 Å². The Hall–Kier alpha value is -2.51. The molecule has 2 atom stereocenters. The van der Waals surface area contributed by atoms with Crippen LogP contribution in [0.25, 0.3) is 11.1 Å². The lowest BCUT2D eigenvalue weighted by Gasteiger charge is -2.35. The first-order valence-electron chi connectivity index (χ1n) is 10.4. The number of carbonyl (C=O) groups excluding carboxylic acids is 1. The lowest BCUT2D eigenvalue weighted by atomic mass is 9.81. The summed E-state index contributed by atoms with van der Waals surface area (Å²) in [6.07, 6.45) is 3.55. The van der Waals surface area contributed by atoms with Gasteiger partial charge < -0.3 is 15.2 Å². The molecule has 2 aromatic carbocycles. The molecular weight excluding hydrogens is 410 g/mol. The number of hydrogen-bond acceptors (Lipinski definition) is 6. The largest absolute Gasteiger partial charge is 0.490 e. The number of guanidine groups is 1. The lowest BCUT2D eigenvalue weighted by molar-refractivity contribution is -0.132. The second kappa shape index (κ2) is 9.75. The number of methoxy groups -OCH3 is 1. The van der Waals surface area contributed by atoms with E-state index in [4.69, 9.17) is 15.2 Å². The number of ether oxygens (including phenoxy) is 2. The molecule has 0 unspecified atom stereocenters. The molecule has 0 aliphatic carbocycles. The van der Waals surface area contributed by atoms with E-state index in [1.165, 1.54) is 9.80 Å². The first kappa shape index (κ1) is 23.2. The molecule has 1 spiro atoms. The summed E-state index contributed by atoms with van der Waals surface area (Å²) in [4.78, 5) is 20.2. The van der Waals surface area contributed by atoms with Crippen molar-refractivity contribution in [3.63, 3.8) is 0 Å². The van der Waals surface area contributed by atoms with Gasteiger partial charge in [0.15, 0.2) is 11.5 Å². The Morgan fingerprint density at radius 2 is 2.03 bits per heavy atom. The summed E-state index contributed by atoms with van der Waals surface area (Å²) in [5.41, 5.74) is 7.92. The maximum atomic E-state index is 13.0. The SMILES string of the molecule is CCCOC.CSc1cccc(-c2ccc3c(c2)[C@]2(C[C@@H](C)O3)N=C(N)N(C)C2=O)c1. The van der Waals surface area contributed by atoms with Gasteiger partial charge in [0.25, 0.3) is 5.91 Å². The fourth-order valence-electron chi connectivity index (χ4n) is 3.93. The van der Waals surface area contributed by atoms with E-state index < -0.39 is 5.54 Å². The summed E-state index contributed by atoms with van der Waals surface area (Å²) in [6.45, 7) is 4.93. The minimum absolute atomic E-state index is 0.0959. The van der Waals surface area contributed by atoms with Gasteiger partial charge in [-0.05, 0) is 55.0 Å². The van der Waals surface area contributed by atoms with E-state index in [0.717, 1.165) is 29.7 Å². The second-order valence-corrected chi connectivity index (χ2v) is 8.64. The fourth-order valence-corrected chi connectivity index (χ4v) is 4.39. The minimum Gasteiger partial charge on any atom is -0.490 e. The molecule has 0 saturated heterocycles. The lowest BCUT2D eigenvalue weighted by Crippen LogP contribution is -2.45. The number of nitrogens with two attached hydrogens (primary N) is 1. The third-order valence-corrected chi connectivity index (χ3v) is 6.18. The molecule has 166 valence electrons. The third kappa shape index (κ3) is 4.57. The van der Waals surface area contributed by atoms with Gasteiger partial charge in [-0.25, -0.2) is 4.99 Å². The highest BCUT2D eigenvalue weighted by atomic mass is 32.2. The van der Waals surface area contributed by atoms with Crippen LogP contribution in [0, 0.1) is 0 Å². The van der Waals surface area contributed by atoms with Crippen molar-refractivity contribution in [1.82, 2.24) is 4.90 Å². The number of thioether (sulfide) groups is 1. The smallest absolute Gasteiger partial charge is 0.261 e. The van der Waals surface area contributed by atoms with E-state index in [-0.39, 0.29) is 18.0 Å². The normalized spacial score (nSPS) is 21.8. The maximum absolute atomic E-state index is 13.0. The molecular formula is C24H31N3O3S. The van der Waals surface area contributed by atoms with E-state index in [1.54, 1.807) is 25.9 Å². The van der Waals surface area contributed by atoms with E-state index in [9.17, 15) is 4.79 Å². The van der Waals surface area contributed by atoms with Gasteiger partial charge in [0.2, 0.25) is 0 Å². The highest BCUT2D eigenvalue weighted by Crippen LogP contribution is 2.47. The van der Waals surface area contributed by atoms with Crippen molar-refractivity contribution in [2.45, 2.75) is 43.2 Å². The van der Waals surface area contributed by atoms with Crippen molar-refractivity contribution in [1.29, 1.82) is 0 Å². The van der Waals surface area contributed by atoms with Gasteiger partial charge in [-0.3, -0.25) is 9.69 Å². The van der Waals surface area contributed by atoms with E-state index in [0.29, 0.717) is 12.2 Å². The Kier molecular flexibility index (Phi) is 7.28. The number of fused-ring (bicyclic) bond motifs is 2. The Balaban J connectivity index is 0.000000491. The molecule has 1 amide bonds. The topological polar surface area (TPSA) is 77.2 Å². The predicted octanol–water partition coefficient (Wildman–Crippen LogP) is 4.27. The van der Waals surface area contributed by atoms with Crippen LogP contribution in [-0.4, -0.2) is 49.9 Å². The average Bonchev–Trinajstić information content (AvgIpc) is 2.98. The summed E-state index contributed by atoms with van der Waals surface area (Å²) in [6, 6.07) is 14.3. The van der Waals surface area contributed by atoms with Crippen LogP contribution >= 0.6 is 11.8 Å². The van der Waals surface area contributed by atoms with Crippen LogP contribution in [0.5, 0.6) is 5.75 Å². The molecule has 0 fully saturated rings. The molecule has 31 heavy (non-hydrogen) atoms. The van der Waals surface area contributed by atoms with Crippen LogP contribution in [0.1, 0.15) is 32.3 Å². The number of rotatable bonds is 4. The first-order valence-corrected chi connectivity index (χ1v) is 11.7. The van der Waals surface area contributed by atoms with Crippen LogP contribution in [0.4, 0.5) is 0 Å². The summed E-state index contributed by atoms with van der Waals surface area (Å²) >= 11 is 1.70. The van der Waals surface area contributed by atoms with Gasteiger partial charge in [-0.1, -0.05) is 25.1 Å². The number of amides is 1. The van der Waals surface area contributed by atoms with E-state index >= 15 is 0 Å². The molecule has 4 rings (SSSR count). The zero-order valence-electron chi connectivity index (χ0n) is 18.8. The monoisotopic (exact) mass is 441 g/mol. The first-order chi connectivity index (χ1) is 14.9. The van der Waals surface area contributed by atoms with Crippen LogP contribution in [0.2, 0.25) is 0 Å². The average molecular weight is 442 g/mol. The van der Waals surface area contributed by atoms with Crippen LogP contribution in [-0.2, 0) is 15.1 Å². The zero-order valence-corrected chi connectivity index (χ0v) is 19.7. The Labute approximate surface area is 188 Å². The molecule has 6 nitrogen and oxygen atoms in total. The van der Waals surface area contributed by atoms with Gasteiger partial charge in [0, 0.05) is 37.6 Å². The number of nitrogens with zero attached hydrogens (tertiary/aromatic N) is 2. The molecule has 2 aliphatic rings. The van der Waals surface area contributed by atoms with Gasteiger partial charge in [-0.15, -0.1) is 11.8 Å². The van der Waals surface area contributed by atoms with Crippen LogP contribution in [0.3, 0.4) is 0 Å². The van der Waals surface area contributed by atoms with Gasteiger partial charge in [-0.2, -0.15) is 0 Å². The molecule has 0 bridgehead atoms. The standard InChI is InChI=1S/C20H21N3O2S.C4H10O/c1-12-11-20(18(24)23(2)19(21)22-20)16-10-14(7-8-17(16)25-12)13-5-4-6-15(9-13)26-3;1-3-4-5-2/h4-10,12H,11H2,1-3H3,(H2,21,22);3-4H2,1-2H3/t12-,20+;/m1./s1. The summed E-state index contributed by atoms with van der Waals surface area (Å²) in [7, 11) is 3.38. The zero-order chi connectivity index (χ0) is 22.6. The Morgan fingerprint density at radius 1 is 1.29 bits per heavy atom. The van der Waals surface area contributed by atoms with Crippen molar-refractivity contribution >= 4 is 23.6 Å². The third-order valence-electron chi connectivity index (χ3n) is 5.45. The fraction of sp³-hybridized carbons (Fsp3) is 0.417. The van der Waals surface area contributed by atoms with Crippen molar-refractivity contribution in [2.75, 3.05) is 27.0 Å². The highest BCUT2D eigenvalue weighted by molar-refractivity contribution is 7.98. The molecule has 0 radical (unpaired) electrons. The van der Waals surface area contributed by atoms with Crippen molar-refractivity contribution in [3.8, 4) is 16.9 Å². The number of likely N-dealkylation sites (N-methyl/N-ethyl adjacent to an activating group) is 1. The summed E-state index contributed by atoms with van der Waals surface area (Å²) < 4.78 is 10.7. The van der Waals surface area contributed by atoms with Crippen molar-refractivity contribution in [2.24, 2.45) is 10.7 Å². The number of aliphatic imine (C=N–C) groups is 1. The molecule has 2 aliphatic heterocycles. The van der Waals surface area contributed by atoms with Gasteiger partial charge in [0.05, 0.1) is 6.10 Å². The molecule has 2 heterocycles. The van der Waals surface area contributed by atoms with E-state index in [1.807, 2.05) is 31.2 Å².